The molecule has 0 unspecified atom stereocenters. The third kappa shape index (κ3) is 2.58. The lowest BCUT2D eigenvalue weighted by Gasteiger charge is -2.12. The Morgan fingerprint density at radius 1 is 1.71 bits per heavy atom. The molecule has 1 aromatic heterocycles. The van der Waals surface area contributed by atoms with E-state index in [-0.39, 0.29) is 12.0 Å². The highest BCUT2D eigenvalue weighted by molar-refractivity contribution is 7.17. The molecule has 6 heteroatoms. The van der Waals surface area contributed by atoms with Gasteiger partial charge in [-0.3, -0.25) is 0 Å². The third-order valence-electron chi connectivity index (χ3n) is 2.74. The van der Waals surface area contributed by atoms with E-state index >= 15 is 0 Å². The zero-order chi connectivity index (χ0) is 12.4. The summed E-state index contributed by atoms with van der Waals surface area (Å²) in [6, 6.07) is 0.213. The first-order valence-electron chi connectivity index (χ1n) is 5.77. The van der Waals surface area contributed by atoms with Gasteiger partial charge in [-0.05, 0) is 20.3 Å². The summed E-state index contributed by atoms with van der Waals surface area (Å²) in [6.45, 7) is 5.75. The van der Waals surface area contributed by atoms with Crippen LogP contribution in [-0.2, 0) is 4.74 Å². The number of hydrogen-bond acceptors (Lipinski definition) is 6. The van der Waals surface area contributed by atoms with Gasteiger partial charge in [0.1, 0.15) is 4.88 Å². The molecule has 0 aromatic carbocycles. The van der Waals surface area contributed by atoms with Crippen LogP contribution in [-0.4, -0.2) is 36.7 Å². The molecule has 0 spiro atoms. The predicted octanol–water partition coefficient (Wildman–Crippen LogP) is 1.17. The van der Waals surface area contributed by atoms with Gasteiger partial charge in [-0.15, -0.1) is 0 Å². The Balaban J connectivity index is 2.15. The third-order valence-corrected chi connectivity index (χ3v) is 3.94. The highest BCUT2D eigenvalue weighted by Gasteiger charge is 2.24. The summed E-state index contributed by atoms with van der Waals surface area (Å²) in [5.74, 6) is -0.280. The Labute approximate surface area is 105 Å². The maximum atomic E-state index is 11.7. The quantitative estimate of drug-likeness (QED) is 0.821. The number of rotatable bonds is 3. The van der Waals surface area contributed by atoms with E-state index in [2.05, 4.69) is 9.88 Å². The van der Waals surface area contributed by atoms with Gasteiger partial charge in [-0.25, -0.2) is 9.78 Å². The van der Waals surface area contributed by atoms with Gasteiger partial charge < -0.3 is 15.4 Å². The SMILES string of the molecule is CCOC(=O)c1sc(N2CC[C@@H](N)C2)nc1C. The van der Waals surface area contributed by atoms with Crippen LogP contribution in [0, 0.1) is 6.92 Å². The maximum absolute atomic E-state index is 11.7. The van der Waals surface area contributed by atoms with Crippen molar-refractivity contribution in [1.82, 2.24) is 4.98 Å². The minimum absolute atomic E-state index is 0.213. The Bertz CT molecular complexity index is 419. The van der Waals surface area contributed by atoms with E-state index in [4.69, 9.17) is 10.5 Å². The molecule has 1 aromatic rings. The summed E-state index contributed by atoms with van der Waals surface area (Å²) in [5.41, 5.74) is 6.60. The molecule has 0 radical (unpaired) electrons. The lowest BCUT2D eigenvalue weighted by molar-refractivity contribution is 0.0531. The van der Waals surface area contributed by atoms with Crippen molar-refractivity contribution in [1.29, 1.82) is 0 Å². The number of nitrogens with two attached hydrogens (primary N) is 1. The second-order valence-corrected chi connectivity index (χ2v) is 5.10. The van der Waals surface area contributed by atoms with Crippen molar-refractivity contribution in [3.63, 3.8) is 0 Å². The van der Waals surface area contributed by atoms with Crippen LogP contribution in [0.2, 0.25) is 0 Å². The molecule has 1 saturated heterocycles. The molecule has 1 fully saturated rings. The number of aryl methyl sites for hydroxylation is 1. The van der Waals surface area contributed by atoms with Crippen molar-refractivity contribution in [3.8, 4) is 0 Å². The molecule has 1 atom stereocenters. The van der Waals surface area contributed by atoms with Crippen LogP contribution in [0.5, 0.6) is 0 Å². The number of aromatic nitrogens is 1. The Hall–Kier alpha value is -1.14. The van der Waals surface area contributed by atoms with Gasteiger partial charge in [0.05, 0.1) is 12.3 Å². The van der Waals surface area contributed by atoms with Crippen LogP contribution in [0.1, 0.15) is 28.7 Å². The Morgan fingerprint density at radius 2 is 2.47 bits per heavy atom. The minimum Gasteiger partial charge on any atom is -0.462 e. The predicted molar refractivity (Wildman–Crippen MR) is 67.6 cm³/mol. The average Bonchev–Trinajstić information content (AvgIpc) is 2.85. The van der Waals surface area contributed by atoms with Gasteiger partial charge >= 0.3 is 5.97 Å². The molecule has 0 amide bonds. The van der Waals surface area contributed by atoms with Gasteiger partial charge in [-0.2, -0.15) is 0 Å². The van der Waals surface area contributed by atoms with Crippen molar-refractivity contribution in [2.75, 3.05) is 24.6 Å². The second-order valence-electron chi connectivity index (χ2n) is 4.13. The van der Waals surface area contributed by atoms with Crippen LogP contribution in [0.4, 0.5) is 5.13 Å². The molecule has 0 saturated carbocycles. The fourth-order valence-corrected chi connectivity index (χ4v) is 2.86. The number of anilines is 1. The highest BCUT2D eigenvalue weighted by atomic mass is 32.1. The first-order valence-corrected chi connectivity index (χ1v) is 6.58. The topological polar surface area (TPSA) is 68.5 Å². The molecule has 0 aliphatic carbocycles. The Kier molecular flexibility index (Phi) is 3.63. The van der Waals surface area contributed by atoms with E-state index in [9.17, 15) is 4.79 Å². The van der Waals surface area contributed by atoms with Crippen molar-refractivity contribution >= 4 is 22.4 Å². The molecule has 2 heterocycles. The summed E-state index contributed by atoms with van der Waals surface area (Å²) in [6.07, 6.45) is 0.980. The van der Waals surface area contributed by atoms with Crippen LogP contribution in [0.15, 0.2) is 0 Å². The molecular weight excluding hydrogens is 238 g/mol. The largest absolute Gasteiger partial charge is 0.462 e. The second kappa shape index (κ2) is 5.01. The smallest absolute Gasteiger partial charge is 0.350 e. The van der Waals surface area contributed by atoms with E-state index in [0.717, 1.165) is 30.3 Å². The average molecular weight is 255 g/mol. The summed E-state index contributed by atoms with van der Waals surface area (Å²) in [5, 5.41) is 0.874. The fraction of sp³-hybridized carbons (Fsp3) is 0.636. The number of thiazole rings is 1. The number of carbonyl (C=O) groups excluding carboxylic acids is 1. The van der Waals surface area contributed by atoms with Crippen LogP contribution >= 0.6 is 11.3 Å². The number of ether oxygens (including phenoxy) is 1. The van der Waals surface area contributed by atoms with E-state index in [0.29, 0.717) is 11.5 Å². The number of esters is 1. The van der Waals surface area contributed by atoms with Gasteiger partial charge in [0, 0.05) is 19.1 Å². The molecule has 2 rings (SSSR count). The summed E-state index contributed by atoms with van der Waals surface area (Å²) in [7, 11) is 0. The summed E-state index contributed by atoms with van der Waals surface area (Å²) < 4.78 is 4.99. The van der Waals surface area contributed by atoms with Gasteiger partial charge in [0.25, 0.3) is 0 Å². The minimum atomic E-state index is -0.280. The Morgan fingerprint density at radius 3 is 3.06 bits per heavy atom. The molecule has 1 aliphatic rings. The molecule has 0 bridgehead atoms. The van der Waals surface area contributed by atoms with Crippen molar-refractivity contribution in [3.05, 3.63) is 10.6 Å². The standard InChI is InChI=1S/C11H17N3O2S/c1-3-16-10(15)9-7(2)13-11(17-9)14-5-4-8(12)6-14/h8H,3-6,12H2,1-2H3/t8-/m1/s1. The summed E-state index contributed by atoms with van der Waals surface area (Å²) >= 11 is 1.39. The van der Waals surface area contributed by atoms with Crippen LogP contribution in [0.3, 0.4) is 0 Å². The molecule has 5 nitrogen and oxygen atoms in total. The maximum Gasteiger partial charge on any atom is 0.350 e. The molecular formula is C11H17N3O2S. The summed E-state index contributed by atoms with van der Waals surface area (Å²) in [4.78, 5) is 18.8. The molecule has 1 aliphatic heterocycles. The zero-order valence-electron chi connectivity index (χ0n) is 10.1. The van der Waals surface area contributed by atoms with Crippen LogP contribution in [0.25, 0.3) is 0 Å². The van der Waals surface area contributed by atoms with E-state index in [1.807, 2.05) is 6.92 Å². The lowest BCUT2D eigenvalue weighted by Crippen LogP contribution is -2.26. The van der Waals surface area contributed by atoms with Gasteiger partial charge in [-0.1, -0.05) is 11.3 Å². The fourth-order valence-electron chi connectivity index (χ4n) is 1.86. The van der Waals surface area contributed by atoms with Gasteiger partial charge in [0.15, 0.2) is 5.13 Å². The van der Waals surface area contributed by atoms with Crippen LogP contribution < -0.4 is 10.6 Å². The van der Waals surface area contributed by atoms with Gasteiger partial charge in [0.2, 0.25) is 0 Å². The van der Waals surface area contributed by atoms with E-state index in [1.165, 1.54) is 11.3 Å². The van der Waals surface area contributed by atoms with E-state index < -0.39 is 0 Å². The number of nitrogens with zero attached hydrogens (tertiary/aromatic N) is 2. The van der Waals surface area contributed by atoms with Crippen molar-refractivity contribution in [2.45, 2.75) is 26.3 Å². The molecule has 17 heavy (non-hydrogen) atoms. The zero-order valence-corrected chi connectivity index (χ0v) is 10.9. The number of hydrogen-bond donors (Lipinski definition) is 1. The molecule has 2 N–H and O–H groups in total. The van der Waals surface area contributed by atoms with Crippen molar-refractivity contribution in [2.24, 2.45) is 5.73 Å². The van der Waals surface area contributed by atoms with Crippen molar-refractivity contribution < 1.29 is 9.53 Å². The normalized spacial score (nSPS) is 19.7. The first-order chi connectivity index (χ1) is 8.11. The lowest BCUT2D eigenvalue weighted by atomic mass is 10.3. The van der Waals surface area contributed by atoms with E-state index in [1.54, 1.807) is 6.92 Å². The number of carbonyl (C=O) groups is 1. The monoisotopic (exact) mass is 255 g/mol. The highest BCUT2D eigenvalue weighted by Crippen LogP contribution is 2.28. The molecule has 94 valence electrons. The first kappa shape index (κ1) is 12.3.